The zero-order chi connectivity index (χ0) is 19.1. The standard InChI is InChI=1S/C21H30N2O3S/c1-16(17-2-4-18(5-3-17)19-6-7-19)22-20(24)23-12-8-21(9-13-23)10-14-27(25,26)15-11-21/h2-5,16,19H,6-15H2,1H3,(H,22,24). The Labute approximate surface area is 162 Å². The topological polar surface area (TPSA) is 66.5 Å². The number of likely N-dealkylation sites (tertiary alicyclic amines) is 1. The van der Waals surface area contributed by atoms with E-state index in [1.165, 1.54) is 18.4 Å². The Morgan fingerprint density at radius 1 is 1.07 bits per heavy atom. The molecular weight excluding hydrogens is 360 g/mol. The van der Waals surface area contributed by atoms with Crippen LogP contribution in [0.3, 0.4) is 0 Å². The molecule has 1 aromatic carbocycles. The van der Waals surface area contributed by atoms with E-state index in [9.17, 15) is 13.2 Å². The third-order valence-electron chi connectivity index (χ3n) is 6.82. The van der Waals surface area contributed by atoms with Crippen molar-refractivity contribution in [1.29, 1.82) is 0 Å². The average Bonchev–Trinajstić information content (AvgIpc) is 3.50. The number of benzene rings is 1. The van der Waals surface area contributed by atoms with Gasteiger partial charge >= 0.3 is 6.03 Å². The molecule has 27 heavy (non-hydrogen) atoms. The normalized spacial score (nSPS) is 25.1. The van der Waals surface area contributed by atoms with Crippen molar-refractivity contribution in [3.8, 4) is 0 Å². The first-order valence-electron chi connectivity index (χ1n) is 10.2. The predicted octanol–water partition coefficient (Wildman–Crippen LogP) is 3.63. The van der Waals surface area contributed by atoms with Crippen LogP contribution in [-0.2, 0) is 9.84 Å². The van der Waals surface area contributed by atoms with Gasteiger partial charge in [-0.1, -0.05) is 24.3 Å². The summed E-state index contributed by atoms with van der Waals surface area (Å²) in [6.45, 7) is 3.47. The van der Waals surface area contributed by atoms with E-state index in [-0.39, 0.29) is 17.5 Å². The fourth-order valence-corrected chi connectivity index (χ4v) is 6.18. The van der Waals surface area contributed by atoms with Crippen molar-refractivity contribution >= 4 is 15.9 Å². The second-order valence-electron chi connectivity index (χ2n) is 8.75. The van der Waals surface area contributed by atoms with Gasteiger partial charge in [0.05, 0.1) is 17.5 Å². The lowest BCUT2D eigenvalue weighted by atomic mass is 9.74. The number of hydrogen-bond donors (Lipinski definition) is 1. The molecule has 6 heteroatoms. The van der Waals surface area contributed by atoms with E-state index in [1.54, 1.807) is 0 Å². The molecule has 1 saturated carbocycles. The molecule has 1 unspecified atom stereocenters. The number of piperidine rings is 1. The highest BCUT2D eigenvalue weighted by molar-refractivity contribution is 7.91. The molecule has 1 aliphatic carbocycles. The van der Waals surface area contributed by atoms with Crippen LogP contribution in [0.25, 0.3) is 0 Å². The number of sulfone groups is 1. The molecule has 2 heterocycles. The smallest absolute Gasteiger partial charge is 0.317 e. The number of nitrogens with one attached hydrogen (secondary N) is 1. The van der Waals surface area contributed by atoms with Gasteiger partial charge < -0.3 is 10.2 Å². The van der Waals surface area contributed by atoms with Crippen molar-refractivity contribution in [2.75, 3.05) is 24.6 Å². The molecule has 1 spiro atoms. The van der Waals surface area contributed by atoms with Crippen molar-refractivity contribution in [3.05, 3.63) is 35.4 Å². The summed E-state index contributed by atoms with van der Waals surface area (Å²) in [5.74, 6) is 1.37. The van der Waals surface area contributed by atoms with Crippen LogP contribution in [0.15, 0.2) is 24.3 Å². The molecule has 5 nitrogen and oxygen atoms in total. The molecule has 3 aliphatic rings. The van der Waals surface area contributed by atoms with Gasteiger partial charge in [-0.15, -0.1) is 0 Å². The fraction of sp³-hybridized carbons (Fsp3) is 0.667. The highest BCUT2D eigenvalue weighted by Crippen LogP contribution is 2.42. The first-order valence-corrected chi connectivity index (χ1v) is 12.0. The van der Waals surface area contributed by atoms with Crippen molar-refractivity contribution < 1.29 is 13.2 Å². The third kappa shape index (κ3) is 4.31. The molecule has 0 radical (unpaired) electrons. The van der Waals surface area contributed by atoms with Gasteiger partial charge in [-0.25, -0.2) is 13.2 Å². The first kappa shape index (κ1) is 18.8. The minimum absolute atomic E-state index is 0.00736. The number of urea groups is 1. The van der Waals surface area contributed by atoms with Gasteiger partial charge in [-0.05, 0) is 67.9 Å². The van der Waals surface area contributed by atoms with Gasteiger partial charge in [0.15, 0.2) is 0 Å². The number of hydrogen-bond acceptors (Lipinski definition) is 3. The largest absolute Gasteiger partial charge is 0.331 e. The molecule has 2 aliphatic heterocycles. The summed E-state index contributed by atoms with van der Waals surface area (Å²) in [6.07, 6.45) is 5.95. The van der Waals surface area contributed by atoms with E-state index in [2.05, 4.69) is 29.6 Å². The molecule has 4 rings (SSSR count). The summed E-state index contributed by atoms with van der Waals surface area (Å²) in [7, 11) is -2.83. The molecule has 0 aromatic heterocycles. The first-order chi connectivity index (χ1) is 12.9. The van der Waals surface area contributed by atoms with E-state index in [0.717, 1.165) is 50.3 Å². The zero-order valence-electron chi connectivity index (χ0n) is 16.1. The van der Waals surface area contributed by atoms with E-state index < -0.39 is 9.84 Å². The summed E-state index contributed by atoms with van der Waals surface area (Å²) in [5.41, 5.74) is 2.68. The monoisotopic (exact) mass is 390 g/mol. The van der Waals surface area contributed by atoms with Crippen molar-refractivity contribution in [1.82, 2.24) is 10.2 Å². The van der Waals surface area contributed by atoms with Crippen LogP contribution < -0.4 is 5.32 Å². The molecule has 148 valence electrons. The number of nitrogens with zero attached hydrogens (tertiary/aromatic N) is 1. The predicted molar refractivity (Wildman–Crippen MR) is 106 cm³/mol. The average molecular weight is 391 g/mol. The Hall–Kier alpha value is -1.56. The second-order valence-corrected chi connectivity index (χ2v) is 11.1. The zero-order valence-corrected chi connectivity index (χ0v) is 16.9. The Morgan fingerprint density at radius 3 is 2.22 bits per heavy atom. The lowest BCUT2D eigenvalue weighted by Gasteiger charge is -2.44. The van der Waals surface area contributed by atoms with Crippen molar-refractivity contribution in [3.63, 3.8) is 0 Å². The number of amides is 2. The molecule has 1 N–H and O–H groups in total. The maximum absolute atomic E-state index is 12.7. The number of rotatable bonds is 3. The van der Waals surface area contributed by atoms with Crippen molar-refractivity contribution in [2.45, 2.75) is 57.4 Å². The van der Waals surface area contributed by atoms with Gasteiger partial charge in [0.1, 0.15) is 9.84 Å². The molecule has 1 aromatic rings. The third-order valence-corrected chi connectivity index (χ3v) is 8.48. The van der Waals surface area contributed by atoms with E-state index in [4.69, 9.17) is 0 Å². The van der Waals surface area contributed by atoms with Crippen LogP contribution in [0.1, 0.15) is 68.5 Å². The maximum atomic E-state index is 12.7. The molecule has 2 amide bonds. The number of carbonyl (C=O) groups excluding carboxylic acids is 1. The summed E-state index contributed by atoms with van der Waals surface area (Å²) >= 11 is 0. The fourth-order valence-electron chi connectivity index (χ4n) is 4.49. The Morgan fingerprint density at radius 2 is 1.67 bits per heavy atom. The quantitative estimate of drug-likeness (QED) is 0.857. The Balaban J connectivity index is 1.29. The van der Waals surface area contributed by atoms with Crippen LogP contribution in [0.2, 0.25) is 0 Å². The van der Waals surface area contributed by atoms with E-state index in [1.807, 2.05) is 11.8 Å². The van der Waals surface area contributed by atoms with Crippen LogP contribution in [0.4, 0.5) is 4.79 Å². The summed E-state index contributed by atoms with van der Waals surface area (Å²) in [5, 5.41) is 3.13. The van der Waals surface area contributed by atoms with Crippen molar-refractivity contribution in [2.24, 2.45) is 5.41 Å². The lowest BCUT2D eigenvalue weighted by Crippen LogP contribution is -2.49. The van der Waals surface area contributed by atoms with Gasteiger partial charge in [0, 0.05) is 13.1 Å². The van der Waals surface area contributed by atoms with Gasteiger partial charge in [0.2, 0.25) is 0 Å². The molecule has 1 atom stereocenters. The Kier molecular flexibility index (Phi) is 4.95. The number of carbonyl (C=O) groups is 1. The molecule has 0 bridgehead atoms. The minimum Gasteiger partial charge on any atom is -0.331 e. The maximum Gasteiger partial charge on any atom is 0.317 e. The molecular formula is C21H30N2O3S. The van der Waals surface area contributed by atoms with E-state index >= 15 is 0 Å². The van der Waals surface area contributed by atoms with Gasteiger partial charge in [-0.3, -0.25) is 0 Å². The van der Waals surface area contributed by atoms with Crippen LogP contribution in [0, 0.1) is 5.41 Å². The minimum atomic E-state index is -2.83. The second kappa shape index (κ2) is 7.12. The Bertz CT molecular complexity index is 775. The summed E-state index contributed by atoms with van der Waals surface area (Å²) in [4.78, 5) is 14.6. The lowest BCUT2D eigenvalue weighted by molar-refractivity contribution is 0.106. The molecule has 3 fully saturated rings. The SMILES string of the molecule is CC(NC(=O)N1CCC2(CC1)CCS(=O)(=O)CC2)c1ccc(C2CC2)cc1. The van der Waals surface area contributed by atoms with Crippen LogP contribution in [-0.4, -0.2) is 43.9 Å². The summed E-state index contributed by atoms with van der Waals surface area (Å²) in [6, 6.07) is 8.63. The van der Waals surface area contributed by atoms with E-state index in [0.29, 0.717) is 11.5 Å². The highest BCUT2D eigenvalue weighted by atomic mass is 32.2. The highest BCUT2D eigenvalue weighted by Gasteiger charge is 2.40. The van der Waals surface area contributed by atoms with Crippen LogP contribution in [0.5, 0.6) is 0 Å². The van der Waals surface area contributed by atoms with Gasteiger partial charge in [0.25, 0.3) is 0 Å². The summed E-state index contributed by atoms with van der Waals surface area (Å²) < 4.78 is 23.4. The van der Waals surface area contributed by atoms with Crippen LogP contribution >= 0.6 is 0 Å². The van der Waals surface area contributed by atoms with Gasteiger partial charge in [-0.2, -0.15) is 0 Å². The molecule has 2 saturated heterocycles.